The van der Waals surface area contributed by atoms with E-state index in [4.69, 9.17) is 16.3 Å². The molecule has 0 aliphatic rings. The van der Waals surface area contributed by atoms with Gasteiger partial charge in [0, 0.05) is 18.3 Å². The number of anilines is 1. The van der Waals surface area contributed by atoms with Crippen LogP contribution >= 0.6 is 11.6 Å². The topological polar surface area (TPSA) is 47.0 Å². The lowest BCUT2D eigenvalue weighted by Gasteiger charge is -2.08. The average molecular weight is 250 g/mol. The third-order valence-corrected chi connectivity index (χ3v) is 2.43. The molecule has 5 heteroatoms. The maximum absolute atomic E-state index is 5.80. The first-order valence-electron chi connectivity index (χ1n) is 5.14. The van der Waals surface area contributed by atoms with Crippen molar-refractivity contribution in [2.45, 2.75) is 6.54 Å². The van der Waals surface area contributed by atoms with Crippen molar-refractivity contribution in [2.24, 2.45) is 0 Å². The lowest BCUT2D eigenvalue weighted by Crippen LogP contribution is -2.03. The fourth-order valence-corrected chi connectivity index (χ4v) is 1.60. The van der Waals surface area contributed by atoms with Gasteiger partial charge in [-0.25, -0.2) is 9.97 Å². The molecule has 0 amide bonds. The molecule has 2 heterocycles. The van der Waals surface area contributed by atoms with E-state index in [2.05, 4.69) is 15.3 Å². The summed E-state index contributed by atoms with van der Waals surface area (Å²) in [4.78, 5) is 8.26. The molecule has 1 N–H and O–H groups in total. The molecule has 0 atom stereocenters. The Kier molecular flexibility index (Phi) is 3.77. The Balaban J connectivity index is 2.07. The molecule has 0 radical (unpaired) electrons. The molecule has 17 heavy (non-hydrogen) atoms. The van der Waals surface area contributed by atoms with Gasteiger partial charge in [-0.2, -0.15) is 0 Å². The first-order chi connectivity index (χ1) is 8.29. The van der Waals surface area contributed by atoms with Crippen LogP contribution in [0.3, 0.4) is 0 Å². The van der Waals surface area contributed by atoms with E-state index >= 15 is 0 Å². The van der Waals surface area contributed by atoms with E-state index in [0.717, 1.165) is 11.4 Å². The van der Waals surface area contributed by atoms with Gasteiger partial charge in [0.1, 0.15) is 11.0 Å². The van der Waals surface area contributed by atoms with E-state index in [9.17, 15) is 0 Å². The predicted octanol–water partition coefficient (Wildman–Crippen LogP) is 2.75. The zero-order chi connectivity index (χ0) is 12.1. The standard InChI is InChI=1S/C12H12ClN3O/c1-17-12-9(4-3-7-14-12)8-15-11-6-2-5-10(13)16-11/h2-7H,8H2,1H3,(H,15,16). The molecule has 0 fully saturated rings. The number of ether oxygens (including phenoxy) is 1. The lowest BCUT2D eigenvalue weighted by molar-refractivity contribution is 0.393. The Morgan fingerprint density at radius 3 is 2.94 bits per heavy atom. The molecular weight excluding hydrogens is 238 g/mol. The van der Waals surface area contributed by atoms with Crippen LogP contribution in [-0.4, -0.2) is 17.1 Å². The van der Waals surface area contributed by atoms with Crippen LogP contribution in [0.2, 0.25) is 5.15 Å². The zero-order valence-corrected chi connectivity index (χ0v) is 10.1. The van der Waals surface area contributed by atoms with Crippen molar-refractivity contribution >= 4 is 17.4 Å². The molecule has 0 spiro atoms. The minimum atomic E-state index is 0.466. The van der Waals surface area contributed by atoms with Gasteiger partial charge in [0.2, 0.25) is 5.88 Å². The molecule has 0 saturated carbocycles. The van der Waals surface area contributed by atoms with E-state index in [1.807, 2.05) is 24.3 Å². The summed E-state index contributed by atoms with van der Waals surface area (Å²) in [5.74, 6) is 1.34. The highest BCUT2D eigenvalue weighted by Gasteiger charge is 2.03. The molecule has 4 nitrogen and oxygen atoms in total. The van der Waals surface area contributed by atoms with Gasteiger partial charge in [0.05, 0.1) is 7.11 Å². The number of rotatable bonds is 4. The summed E-state index contributed by atoms with van der Waals surface area (Å²) in [5, 5.41) is 3.63. The minimum absolute atomic E-state index is 0.466. The van der Waals surface area contributed by atoms with Gasteiger partial charge >= 0.3 is 0 Å². The summed E-state index contributed by atoms with van der Waals surface area (Å²) >= 11 is 5.80. The van der Waals surface area contributed by atoms with Crippen LogP contribution in [0.4, 0.5) is 5.82 Å². The fourth-order valence-electron chi connectivity index (χ4n) is 1.43. The molecule has 88 valence electrons. The number of nitrogens with one attached hydrogen (secondary N) is 1. The van der Waals surface area contributed by atoms with Gasteiger partial charge < -0.3 is 10.1 Å². The third-order valence-electron chi connectivity index (χ3n) is 2.22. The van der Waals surface area contributed by atoms with E-state index in [1.165, 1.54) is 0 Å². The maximum Gasteiger partial charge on any atom is 0.218 e. The van der Waals surface area contributed by atoms with Gasteiger partial charge in [-0.3, -0.25) is 0 Å². The minimum Gasteiger partial charge on any atom is -0.481 e. The number of halogens is 1. The van der Waals surface area contributed by atoms with Crippen molar-refractivity contribution in [3.63, 3.8) is 0 Å². The van der Waals surface area contributed by atoms with Gasteiger partial charge in [0.15, 0.2) is 0 Å². The van der Waals surface area contributed by atoms with Crippen LogP contribution in [0.5, 0.6) is 5.88 Å². The molecule has 0 unspecified atom stereocenters. The average Bonchev–Trinajstić information content (AvgIpc) is 2.37. The summed E-state index contributed by atoms with van der Waals surface area (Å²) in [6.07, 6.45) is 1.69. The fraction of sp³-hybridized carbons (Fsp3) is 0.167. The molecule has 2 rings (SSSR count). The lowest BCUT2D eigenvalue weighted by atomic mass is 10.2. The number of aromatic nitrogens is 2. The SMILES string of the molecule is COc1ncccc1CNc1cccc(Cl)n1. The molecule has 2 aromatic heterocycles. The van der Waals surface area contributed by atoms with Crippen LogP contribution in [-0.2, 0) is 6.54 Å². The molecule has 0 aromatic carbocycles. The van der Waals surface area contributed by atoms with Crippen molar-refractivity contribution in [1.82, 2.24) is 9.97 Å². The second kappa shape index (κ2) is 5.50. The van der Waals surface area contributed by atoms with E-state index < -0.39 is 0 Å². The van der Waals surface area contributed by atoms with Crippen LogP contribution in [0.25, 0.3) is 0 Å². The maximum atomic E-state index is 5.80. The van der Waals surface area contributed by atoms with Crippen LogP contribution in [0.15, 0.2) is 36.5 Å². The second-order valence-corrected chi connectivity index (χ2v) is 3.76. The Labute approximate surface area is 105 Å². The zero-order valence-electron chi connectivity index (χ0n) is 9.35. The summed E-state index contributed by atoms with van der Waals surface area (Å²) in [6.45, 7) is 0.588. The Hall–Kier alpha value is -1.81. The summed E-state index contributed by atoms with van der Waals surface area (Å²) in [5.41, 5.74) is 0.969. The number of pyridine rings is 2. The first-order valence-corrected chi connectivity index (χ1v) is 5.51. The number of hydrogen-bond acceptors (Lipinski definition) is 4. The summed E-state index contributed by atoms with van der Waals surface area (Å²) in [6, 6.07) is 9.25. The molecule has 0 aliphatic heterocycles. The van der Waals surface area contributed by atoms with E-state index in [1.54, 1.807) is 19.4 Å². The Morgan fingerprint density at radius 2 is 2.18 bits per heavy atom. The van der Waals surface area contributed by atoms with E-state index in [-0.39, 0.29) is 0 Å². The molecule has 2 aromatic rings. The van der Waals surface area contributed by atoms with E-state index in [0.29, 0.717) is 17.6 Å². The highest BCUT2D eigenvalue weighted by atomic mass is 35.5. The van der Waals surface area contributed by atoms with Crippen molar-refractivity contribution < 1.29 is 4.74 Å². The predicted molar refractivity (Wildman–Crippen MR) is 67.4 cm³/mol. The molecule has 0 aliphatic carbocycles. The Morgan fingerprint density at radius 1 is 1.29 bits per heavy atom. The van der Waals surface area contributed by atoms with Crippen molar-refractivity contribution in [3.05, 3.63) is 47.2 Å². The van der Waals surface area contributed by atoms with Crippen molar-refractivity contribution in [3.8, 4) is 5.88 Å². The van der Waals surface area contributed by atoms with Crippen molar-refractivity contribution in [2.75, 3.05) is 12.4 Å². The highest BCUT2D eigenvalue weighted by Crippen LogP contribution is 2.16. The first kappa shape index (κ1) is 11.7. The third kappa shape index (κ3) is 3.07. The quantitative estimate of drug-likeness (QED) is 0.847. The summed E-state index contributed by atoms with van der Waals surface area (Å²) < 4.78 is 5.16. The van der Waals surface area contributed by atoms with Crippen LogP contribution in [0, 0.1) is 0 Å². The normalized spacial score (nSPS) is 10.0. The smallest absolute Gasteiger partial charge is 0.218 e. The van der Waals surface area contributed by atoms with Gasteiger partial charge in [-0.1, -0.05) is 23.7 Å². The van der Waals surface area contributed by atoms with Crippen LogP contribution < -0.4 is 10.1 Å². The molecule has 0 saturated heterocycles. The number of methoxy groups -OCH3 is 1. The van der Waals surface area contributed by atoms with Gasteiger partial charge in [-0.15, -0.1) is 0 Å². The van der Waals surface area contributed by atoms with Gasteiger partial charge in [0.25, 0.3) is 0 Å². The summed E-state index contributed by atoms with van der Waals surface area (Å²) in [7, 11) is 1.60. The van der Waals surface area contributed by atoms with Gasteiger partial charge in [-0.05, 0) is 18.2 Å². The second-order valence-electron chi connectivity index (χ2n) is 3.37. The highest BCUT2D eigenvalue weighted by molar-refractivity contribution is 6.29. The van der Waals surface area contributed by atoms with Crippen molar-refractivity contribution in [1.29, 1.82) is 0 Å². The monoisotopic (exact) mass is 249 g/mol. The molecule has 0 bridgehead atoms. The van der Waals surface area contributed by atoms with Crippen LogP contribution in [0.1, 0.15) is 5.56 Å². The molecular formula is C12H12ClN3O. The Bertz CT molecular complexity index is 505. The number of hydrogen-bond donors (Lipinski definition) is 1. The largest absolute Gasteiger partial charge is 0.481 e. The number of nitrogens with zero attached hydrogens (tertiary/aromatic N) is 2.